The molecule has 27 heavy (non-hydrogen) atoms. The largest absolute Gasteiger partial charge is 0.495 e. The summed E-state index contributed by atoms with van der Waals surface area (Å²) in [7, 11) is 1.59. The fourth-order valence-corrected chi connectivity index (χ4v) is 4.25. The molecule has 3 aromatic rings. The van der Waals surface area contributed by atoms with E-state index in [2.05, 4.69) is 11.6 Å². The van der Waals surface area contributed by atoms with Gasteiger partial charge in [0.2, 0.25) is 0 Å². The van der Waals surface area contributed by atoms with Gasteiger partial charge in [-0.1, -0.05) is 34.8 Å². The van der Waals surface area contributed by atoms with Crippen molar-refractivity contribution in [3.63, 3.8) is 0 Å². The second kappa shape index (κ2) is 8.11. The molecule has 3 rings (SSSR count). The Morgan fingerprint density at radius 2 is 2.19 bits per heavy atom. The predicted molar refractivity (Wildman–Crippen MR) is 107 cm³/mol. The van der Waals surface area contributed by atoms with Gasteiger partial charge in [0.15, 0.2) is 4.80 Å². The minimum Gasteiger partial charge on any atom is -0.495 e. The lowest BCUT2D eigenvalue weighted by molar-refractivity contribution is -0.380. The maximum Gasteiger partial charge on any atom is 0.324 e. The van der Waals surface area contributed by atoms with Crippen molar-refractivity contribution in [3.8, 4) is 5.75 Å². The third-order valence-electron chi connectivity index (χ3n) is 3.58. The number of para-hydroxylation sites is 1. The molecule has 2 aromatic heterocycles. The van der Waals surface area contributed by atoms with Gasteiger partial charge in [-0.15, -0.1) is 6.58 Å². The number of ether oxygens (including phenoxy) is 1. The summed E-state index contributed by atoms with van der Waals surface area (Å²) in [6.45, 7) is 4.24. The van der Waals surface area contributed by atoms with Crippen LogP contribution in [-0.4, -0.2) is 22.5 Å². The van der Waals surface area contributed by atoms with E-state index in [4.69, 9.17) is 4.74 Å². The smallest absolute Gasteiger partial charge is 0.324 e. The average Bonchev–Trinajstić information content (AvgIpc) is 3.25. The Kier molecular flexibility index (Phi) is 5.63. The van der Waals surface area contributed by atoms with Crippen molar-refractivity contribution in [3.05, 3.63) is 68.9 Å². The molecule has 2 heterocycles. The highest BCUT2D eigenvalue weighted by Gasteiger charge is 2.11. The van der Waals surface area contributed by atoms with E-state index in [-0.39, 0.29) is 5.00 Å². The first-order valence-corrected chi connectivity index (χ1v) is 9.45. The monoisotopic (exact) mass is 401 g/mol. The lowest BCUT2D eigenvalue weighted by atomic mass is 10.3. The van der Waals surface area contributed by atoms with Crippen LogP contribution in [0, 0.1) is 10.1 Å². The standard InChI is InChI=1S/C18H15N3O4S2/c1-3-11-20-17-13(25-2)5-4-6-14(17)27-18(20)19-15(22)9-7-12-8-10-16(26-12)21(23)24/h3-10H,1,11H2,2H3. The van der Waals surface area contributed by atoms with Crippen LogP contribution >= 0.6 is 22.7 Å². The molecule has 1 aromatic carbocycles. The molecule has 0 fully saturated rings. The summed E-state index contributed by atoms with van der Waals surface area (Å²) >= 11 is 2.38. The van der Waals surface area contributed by atoms with Gasteiger partial charge in [-0.05, 0) is 24.3 Å². The van der Waals surface area contributed by atoms with E-state index in [0.29, 0.717) is 22.0 Å². The van der Waals surface area contributed by atoms with E-state index >= 15 is 0 Å². The molecule has 0 saturated heterocycles. The number of carbonyl (C=O) groups is 1. The molecule has 0 unspecified atom stereocenters. The number of thiophene rings is 1. The number of rotatable bonds is 6. The molecule has 7 nitrogen and oxygen atoms in total. The Morgan fingerprint density at radius 3 is 2.85 bits per heavy atom. The predicted octanol–water partition coefficient (Wildman–Crippen LogP) is 4.01. The van der Waals surface area contributed by atoms with E-state index in [1.807, 2.05) is 22.8 Å². The molecular formula is C18H15N3O4S2. The summed E-state index contributed by atoms with van der Waals surface area (Å²) in [5.74, 6) is 0.246. The van der Waals surface area contributed by atoms with Gasteiger partial charge in [-0.2, -0.15) is 4.99 Å². The highest BCUT2D eigenvalue weighted by atomic mass is 32.1. The molecule has 0 bridgehead atoms. The highest BCUT2D eigenvalue weighted by molar-refractivity contribution is 7.16. The van der Waals surface area contributed by atoms with Gasteiger partial charge >= 0.3 is 5.00 Å². The minimum atomic E-state index is -0.461. The third kappa shape index (κ3) is 4.04. The zero-order chi connectivity index (χ0) is 19.4. The van der Waals surface area contributed by atoms with Crippen LogP contribution in [0.1, 0.15) is 4.88 Å². The molecule has 0 aliphatic rings. The molecule has 0 N–H and O–H groups in total. The zero-order valence-corrected chi connectivity index (χ0v) is 16.0. The van der Waals surface area contributed by atoms with Crippen molar-refractivity contribution in [1.82, 2.24) is 4.57 Å². The number of hydrogen-bond donors (Lipinski definition) is 0. The minimum absolute atomic E-state index is 0.0273. The first kappa shape index (κ1) is 18.7. The number of fused-ring (bicyclic) bond motifs is 1. The van der Waals surface area contributed by atoms with Crippen LogP contribution in [-0.2, 0) is 11.3 Å². The number of benzene rings is 1. The summed E-state index contributed by atoms with van der Waals surface area (Å²) < 4.78 is 8.23. The summed E-state index contributed by atoms with van der Waals surface area (Å²) in [4.78, 5) is 27.8. The van der Waals surface area contributed by atoms with Crippen molar-refractivity contribution in [2.75, 3.05) is 7.11 Å². The Morgan fingerprint density at radius 1 is 1.37 bits per heavy atom. The van der Waals surface area contributed by atoms with Crippen LogP contribution in [0.2, 0.25) is 0 Å². The summed E-state index contributed by atoms with van der Waals surface area (Å²) in [5, 5.41) is 10.7. The quantitative estimate of drug-likeness (QED) is 0.270. The third-order valence-corrected chi connectivity index (χ3v) is 5.63. The molecule has 0 spiro atoms. The van der Waals surface area contributed by atoms with Crippen molar-refractivity contribution in [1.29, 1.82) is 0 Å². The van der Waals surface area contributed by atoms with E-state index in [1.54, 1.807) is 19.3 Å². The number of hydrogen-bond acceptors (Lipinski definition) is 6. The van der Waals surface area contributed by atoms with Gasteiger partial charge in [0.1, 0.15) is 11.3 Å². The zero-order valence-electron chi connectivity index (χ0n) is 14.3. The molecule has 0 aliphatic heterocycles. The van der Waals surface area contributed by atoms with E-state index in [1.165, 1.54) is 29.6 Å². The summed E-state index contributed by atoms with van der Waals surface area (Å²) in [5.41, 5.74) is 0.856. The van der Waals surface area contributed by atoms with Gasteiger partial charge in [0.05, 0.1) is 16.7 Å². The van der Waals surface area contributed by atoms with Crippen LogP contribution in [0.25, 0.3) is 16.3 Å². The van der Waals surface area contributed by atoms with Crippen LogP contribution in [0.5, 0.6) is 5.75 Å². The van der Waals surface area contributed by atoms with Crippen molar-refractivity contribution in [2.45, 2.75) is 6.54 Å². The van der Waals surface area contributed by atoms with Gasteiger partial charge in [0, 0.05) is 23.6 Å². The van der Waals surface area contributed by atoms with Crippen LogP contribution in [0.3, 0.4) is 0 Å². The number of amides is 1. The number of thiazole rings is 1. The lowest BCUT2D eigenvalue weighted by Crippen LogP contribution is -2.15. The average molecular weight is 401 g/mol. The fourth-order valence-electron chi connectivity index (χ4n) is 2.46. The number of carbonyl (C=O) groups excluding carboxylic acids is 1. The molecule has 0 atom stereocenters. The molecule has 0 saturated carbocycles. The van der Waals surface area contributed by atoms with Crippen LogP contribution < -0.4 is 9.54 Å². The molecule has 0 aliphatic carbocycles. The van der Waals surface area contributed by atoms with Gasteiger partial charge in [-0.25, -0.2) is 0 Å². The first-order valence-electron chi connectivity index (χ1n) is 7.81. The first-order chi connectivity index (χ1) is 13.0. The summed E-state index contributed by atoms with van der Waals surface area (Å²) in [6.07, 6.45) is 4.55. The van der Waals surface area contributed by atoms with E-state index in [9.17, 15) is 14.9 Å². The van der Waals surface area contributed by atoms with Crippen LogP contribution in [0.4, 0.5) is 5.00 Å². The van der Waals surface area contributed by atoms with Crippen molar-refractivity contribution in [2.24, 2.45) is 4.99 Å². The molecule has 1 amide bonds. The normalized spacial score (nSPS) is 12.0. The van der Waals surface area contributed by atoms with Gasteiger partial charge < -0.3 is 9.30 Å². The molecule has 0 radical (unpaired) electrons. The second-order valence-corrected chi connectivity index (χ2v) is 7.41. The fraction of sp³-hybridized carbons (Fsp3) is 0.111. The number of methoxy groups -OCH3 is 1. The van der Waals surface area contributed by atoms with E-state index in [0.717, 1.165) is 21.6 Å². The topological polar surface area (TPSA) is 86.7 Å². The Labute approximate surface area is 162 Å². The Bertz CT molecular complexity index is 1120. The lowest BCUT2D eigenvalue weighted by Gasteiger charge is -2.05. The molecule has 138 valence electrons. The summed E-state index contributed by atoms with van der Waals surface area (Å²) in [6, 6.07) is 8.66. The van der Waals surface area contributed by atoms with Gasteiger partial charge in [-0.3, -0.25) is 14.9 Å². The SMILES string of the molecule is C=CCn1c(=NC(=O)C=Cc2ccc([N+](=O)[O-])s2)sc2cccc(OC)c21. The van der Waals surface area contributed by atoms with Crippen molar-refractivity contribution >= 4 is 49.9 Å². The number of nitro groups is 1. The van der Waals surface area contributed by atoms with Gasteiger partial charge in [0.25, 0.3) is 5.91 Å². The maximum absolute atomic E-state index is 12.3. The number of nitrogens with zero attached hydrogens (tertiary/aromatic N) is 3. The second-order valence-electron chi connectivity index (χ2n) is 5.31. The maximum atomic E-state index is 12.3. The highest BCUT2D eigenvalue weighted by Crippen LogP contribution is 2.27. The number of allylic oxidation sites excluding steroid dienone is 1. The number of aromatic nitrogens is 1. The Balaban J connectivity index is 1.97. The Hall–Kier alpha value is -3.04. The molecule has 9 heteroatoms. The van der Waals surface area contributed by atoms with E-state index < -0.39 is 10.8 Å². The molecular weight excluding hydrogens is 386 g/mol. The van der Waals surface area contributed by atoms with Crippen molar-refractivity contribution < 1.29 is 14.5 Å². The van der Waals surface area contributed by atoms with Crippen LogP contribution in [0.15, 0.2) is 54.1 Å².